The number of rotatable bonds is 1. The predicted octanol–water partition coefficient (Wildman–Crippen LogP) is 2.42. The van der Waals surface area contributed by atoms with Crippen LogP contribution in [0.15, 0.2) is 11.1 Å². The molecule has 1 nitrogen and oxygen atoms in total. The molecule has 1 aliphatic rings. The minimum absolute atomic E-state index is 0.422. The van der Waals surface area contributed by atoms with E-state index >= 15 is 0 Å². The highest BCUT2D eigenvalue weighted by Crippen LogP contribution is 2.38. The van der Waals surface area contributed by atoms with E-state index in [-0.39, 0.29) is 0 Å². The summed E-state index contributed by atoms with van der Waals surface area (Å²) in [5.41, 5.74) is 0. The first-order chi connectivity index (χ1) is 5.04. The molecule has 0 N–H and O–H groups in total. The van der Waals surface area contributed by atoms with Gasteiger partial charge in [0, 0.05) is 12.7 Å². The van der Waals surface area contributed by atoms with Gasteiger partial charge in [-0.2, -0.15) is 13.2 Å². The molecule has 0 unspecified atom stereocenters. The van der Waals surface area contributed by atoms with Crippen LogP contribution in [-0.4, -0.2) is 23.5 Å². The molecule has 0 radical (unpaired) electrons. The van der Waals surface area contributed by atoms with Crippen LogP contribution in [0.4, 0.5) is 13.2 Å². The Morgan fingerprint density at radius 3 is 2.55 bits per heavy atom. The van der Waals surface area contributed by atoms with E-state index < -0.39 is 11.1 Å². The van der Waals surface area contributed by atoms with Crippen LogP contribution in [0.2, 0.25) is 0 Å². The number of alkyl halides is 3. The van der Waals surface area contributed by atoms with Gasteiger partial charge in [-0.3, -0.25) is 0 Å². The van der Waals surface area contributed by atoms with Crippen molar-refractivity contribution < 1.29 is 13.2 Å². The minimum Gasteiger partial charge on any atom is -0.367 e. The first kappa shape index (κ1) is 8.77. The fourth-order valence-electron chi connectivity index (χ4n) is 0.730. The summed E-state index contributed by atoms with van der Waals surface area (Å²) in [7, 11) is 0. The van der Waals surface area contributed by atoms with E-state index in [1.165, 1.54) is 6.20 Å². The van der Waals surface area contributed by atoms with E-state index in [0.717, 1.165) is 11.8 Å². The molecular weight excluding hydrogens is 175 g/mol. The zero-order chi connectivity index (χ0) is 8.48. The maximum absolute atomic E-state index is 12.0. The standard InChI is InChI=1S/C6H8F3NS/c1-2-10-3-5(11-4-10)6(7,8)9/h3H,2,4H2,1H3. The lowest BCUT2D eigenvalue weighted by molar-refractivity contribution is -0.0839. The predicted molar refractivity (Wildman–Crippen MR) is 39.0 cm³/mol. The average Bonchev–Trinajstić information content (AvgIpc) is 2.32. The number of halogens is 3. The van der Waals surface area contributed by atoms with Crippen molar-refractivity contribution in [2.75, 3.05) is 12.4 Å². The van der Waals surface area contributed by atoms with Crippen LogP contribution in [0.1, 0.15) is 6.92 Å². The third-order valence-electron chi connectivity index (χ3n) is 1.37. The maximum Gasteiger partial charge on any atom is 0.423 e. The second kappa shape index (κ2) is 2.97. The maximum atomic E-state index is 12.0. The van der Waals surface area contributed by atoms with Crippen LogP contribution in [0, 0.1) is 0 Å². The van der Waals surface area contributed by atoms with E-state index in [9.17, 15) is 13.2 Å². The number of nitrogens with zero attached hydrogens (tertiary/aromatic N) is 1. The molecule has 1 aliphatic heterocycles. The number of hydrogen-bond acceptors (Lipinski definition) is 2. The van der Waals surface area contributed by atoms with Gasteiger partial charge < -0.3 is 4.90 Å². The summed E-state index contributed by atoms with van der Waals surface area (Å²) < 4.78 is 35.9. The molecule has 0 aliphatic carbocycles. The van der Waals surface area contributed by atoms with Crippen LogP contribution >= 0.6 is 11.8 Å². The van der Waals surface area contributed by atoms with E-state index in [0.29, 0.717) is 12.4 Å². The van der Waals surface area contributed by atoms with Gasteiger partial charge in [0.05, 0.1) is 5.88 Å². The molecular formula is C6H8F3NS. The summed E-state index contributed by atoms with van der Waals surface area (Å²) in [4.78, 5) is 1.15. The lowest BCUT2D eigenvalue weighted by atomic mass is 10.5. The Balaban J connectivity index is 2.62. The molecule has 0 spiro atoms. The summed E-state index contributed by atoms with van der Waals surface area (Å²) in [6.07, 6.45) is -2.99. The quantitative estimate of drug-likeness (QED) is 0.614. The summed E-state index contributed by atoms with van der Waals surface area (Å²) >= 11 is 0.844. The van der Waals surface area contributed by atoms with Gasteiger partial charge in [0.1, 0.15) is 4.91 Å². The van der Waals surface area contributed by atoms with Gasteiger partial charge in [0.25, 0.3) is 0 Å². The second-order valence-electron chi connectivity index (χ2n) is 2.17. The Morgan fingerprint density at radius 1 is 1.64 bits per heavy atom. The monoisotopic (exact) mass is 183 g/mol. The molecule has 1 rings (SSSR count). The number of hydrogen-bond donors (Lipinski definition) is 0. The second-order valence-corrected chi connectivity index (χ2v) is 3.16. The SMILES string of the molecule is CCN1C=C(C(F)(F)F)SC1. The zero-order valence-electron chi connectivity index (χ0n) is 5.98. The van der Waals surface area contributed by atoms with Crippen molar-refractivity contribution in [1.82, 2.24) is 4.90 Å². The Kier molecular flexibility index (Phi) is 2.37. The fraction of sp³-hybridized carbons (Fsp3) is 0.667. The van der Waals surface area contributed by atoms with Crippen molar-refractivity contribution in [1.29, 1.82) is 0 Å². The molecule has 0 fully saturated rings. The van der Waals surface area contributed by atoms with E-state index in [1.807, 2.05) is 6.92 Å². The normalized spacial score (nSPS) is 18.9. The van der Waals surface area contributed by atoms with Crippen molar-refractivity contribution in [3.05, 3.63) is 11.1 Å². The van der Waals surface area contributed by atoms with Gasteiger partial charge in [-0.1, -0.05) is 11.8 Å². The molecule has 11 heavy (non-hydrogen) atoms. The van der Waals surface area contributed by atoms with Crippen LogP contribution in [0.5, 0.6) is 0 Å². The van der Waals surface area contributed by atoms with Gasteiger partial charge in [0.15, 0.2) is 0 Å². The molecule has 0 bridgehead atoms. The summed E-state index contributed by atoms with van der Waals surface area (Å²) in [6.45, 7) is 2.46. The third kappa shape index (κ3) is 2.05. The van der Waals surface area contributed by atoms with E-state index in [4.69, 9.17) is 0 Å². The molecule has 0 amide bonds. The Morgan fingerprint density at radius 2 is 2.27 bits per heavy atom. The lowest BCUT2D eigenvalue weighted by Gasteiger charge is -2.08. The minimum atomic E-state index is -4.16. The molecule has 0 saturated carbocycles. The first-order valence-corrected chi connectivity index (χ1v) is 4.18. The highest BCUT2D eigenvalue weighted by Gasteiger charge is 2.37. The van der Waals surface area contributed by atoms with Crippen LogP contribution < -0.4 is 0 Å². The smallest absolute Gasteiger partial charge is 0.367 e. The first-order valence-electron chi connectivity index (χ1n) is 3.20. The third-order valence-corrected chi connectivity index (χ3v) is 2.48. The lowest BCUT2D eigenvalue weighted by Crippen LogP contribution is -2.11. The molecule has 0 aromatic carbocycles. The van der Waals surface area contributed by atoms with Crippen molar-refractivity contribution in [3.8, 4) is 0 Å². The zero-order valence-corrected chi connectivity index (χ0v) is 6.80. The molecule has 0 aromatic heterocycles. The topological polar surface area (TPSA) is 3.24 Å². The van der Waals surface area contributed by atoms with Gasteiger partial charge in [-0.05, 0) is 6.92 Å². The Hall–Kier alpha value is -0.320. The van der Waals surface area contributed by atoms with Gasteiger partial charge in [-0.15, -0.1) is 0 Å². The van der Waals surface area contributed by atoms with Gasteiger partial charge in [0.2, 0.25) is 0 Å². The van der Waals surface area contributed by atoms with Crippen molar-refractivity contribution in [2.45, 2.75) is 13.1 Å². The van der Waals surface area contributed by atoms with Crippen molar-refractivity contribution >= 4 is 11.8 Å². The van der Waals surface area contributed by atoms with E-state index in [1.54, 1.807) is 4.90 Å². The van der Waals surface area contributed by atoms with Crippen molar-refractivity contribution in [2.24, 2.45) is 0 Å². The Labute approximate surface area is 67.2 Å². The van der Waals surface area contributed by atoms with Crippen LogP contribution in [0.25, 0.3) is 0 Å². The summed E-state index contributed by atoms with van der Waals surface area (Å²) in [5, 5.41) is 0. The van der Waals surface area contributed by atoms with Crippen LogP contribution in [-0.2, 0) is 0 Å². The highest BCUT2D eigenvalue weighted by atomic mass is 32.2. The van der Waals surface area contributed by atoms with E-state index in [2.05, 4.69) is 0 Å². The average molecular weight is 183 g/mol. The van der Waals surface area contributed by atoms with Gasteiger partial charge in [-0.25, -0.2) is 0 Å². The fourth-order valence-corrected chi connectivity index (χ4v) is 1.68. The molecule has 1 heterocycles. The Bertz CT molecular complexity index is 175. The van der Waals surface area contributed by atoms with Crippen LogP contribution in [0.3, 0.4) is 0 Å². The molecule has 5 heteroatoms. The molecule has 0 atom stereocenters. The van der Waals surface area contributed by atoms with Gasteiger partial charge >= 0.3 is 6.18 Å². The largest absolute Gasteiger partial charge is 0.423 e. The molecule has 0 aromatic rings. The number of thioether (sulfide) groups is 1. The number of allylic oxidation sites excluding steroid dienone is 1. The molecule has 0 saturated heterocycles. The summed E-state index contributed by atoms with van der Waals surface area (Å²) in [6, 6.07) is 0. The summed E-state index contributed by atoms with van der Waals surface area (Å²) in [5.74, 6) is 0.422. The van der Waals surface area contributed by atoms with Crippen molar-refractivity contribution in [3.63, 3.8) is 0 Å². The highest BCUT2D eigenvalue weighted by molar-refractivity contribution is 8.03. The molecule has 64 valence electrons.